The van der Waals surface area contributed by atoms with Crippen molar-refractivity contribution >= 4 is 22.9 Å². The van der Waals surface area contributed by atoms with Crippen molar-refractivity contribution in [1.82, 2.24) is 4.98 Å². The first-order valence-electron chi connectivity index (χ1n) is 6.30. The monoisotopic (exact) mass is 298 g/mol. The Balaban J connectivity index is 1.90. The summed E-state index contributed by atoms with van der Waals surface area (Å²) >= 11 is 1.38. The van der Waals surface area contributed by atoms with Gasteiger partial charge >= 0.3 is 0 Å². The van der Waals surface area contributed by atoms with Crippen LogP contribution in [0.4, 0.5) is 10.1 Å². The van der Waals surface area contributed by atoms with Crippen molar-refractivity contribution in [1.29, 1.82) is 0 Å². The maximum absolute atomic E-state index is 13.6. The summed E-state index contributed by atoms with van der Waals surface area (Å²) in [6, 6.07) is 15.6. The van der Waals surface area contributed by atoms with Crippen molar-refractivity contribution in [3.8, 4) is 10.4 Å². The second kappa shape index (κ2) is 5.85. The number of amides is 1. The van der Waals surface area contributed by atoms with E-state index in [2.05, 4.69) is 10.3 Å². The summed E-state index contributed by atoms with van der Waals surface area (Å²) in [6.45, 7) is 0. The maximum atomic E-state index is 13.6. The molecule has 0 atom stereocenters. The van der Waals surface area contributed by atoms with Gasteiger partial charge in [0.15, 0.2) is 0 Å². The van der Waals surface area contributed by atoms with Crippen LogP contribution in [0, 0.1) is 5.82 Å². The van der Waals surface area contributed by atoms with Gasteiger partial charge in [0.1, 0.15) is 11.5 Å². The molecule has 1 amide bonds. The highest BCUT2D eigenvalue weighted by Crippen LogP contribution is 2.28. The van der Waals surface area contributed by atoms with Crippen LogP contribution in [0.25, 0.3) is 10.4 Å². The van der Waals surface area contributed by atoms with Crippen molar-refractivity contribution in [2.45, 2.75) is 0 Å². The van der Waals surface area contributed by atoms with E-state index in [-0.39, 0.29) is 5.69 Å². The molecule has 0 radical (unpaired) electrons. The van der Waals surface area contributed by atoms with Crippen molar-refractivity contribution < 1.29 is 9.18 Å². The van der Waals surface area contributed by atoms with Gasteiger partial charge in [-0.2, -0.15) is 0 Å². The normalized spacial score (nSPS) is 10.3. The van der Waals surface area contributed by atoms with E-state index in [0.29, 0.717) is 5.69 Å². The van der Waals surface area contributed by atoms with Crippen LogP contribution in [0.3, 0.4) is 0 Å². The van der Waals surface area contributed by atoms with Gasteiger partial charge in [-0.05, 0) is 17.7 Å². The Morgan fingerprint density at radius 2 is 1.76 bits per heavy atom. The van der Waals surface area contributed by atoms with E-state index in [9.17, 15) is 9.18 Å². The molecule has 0 aliphatic carbocycles. The molecule has 21 heavy (non-hydrogen) atoms. The van der Waals surface area contributed by atoms with Crippen molar-refractivity contribution in [2.75, 3.05) is 5.32 Å². The summed E-state index contributed by atoms with van der Waals surface area (Å²) < 4.78 is 13.6. The molecule has 5 heteroatoms. The first-order chi connectivity index (χ1) is 10.3. The molecule has 0 aliphatic heterocycles. The van der Waals surface area contributed by atoms with Crippen molar-refractivity contribution in [3.05, 3.63) is 71.6 Å². The molecule has 3 rings (SSSR count). The van der Waals surface area contributed by atoms with E-state index in [4.69, 9.17) is 0 Å². The number of hydrogen-bond donors (Lipinski definition) is 1. The molecule has 2 aromatic carbocycles. The average molecular weight is 298 g/mol. The molecule has 0 saturated carbocycles. The Hall–Kier alpha value is -2.53. The van der Waals surface area contributed by atoms with Crippen LogP contribution in [-0.2, 0) is 0 Å². The topological polar surface area (TPSA) is 42.0 Å². The second-order valence-electron chi connectivity index (χ2n) is 4.33. The Morgan fingerprint density at radius 3 is 2.52 bits per heavy atom. The zero-order chi connectivity index (χ0) is 14.7. The molecule has 3 nitrogen and oxygen atoms in total. The van der Waals surface area contributed by atoms with Crippen LogP contribution in [0.1, 0.15) is 10.5 Å². The highest BCUT2D eigenvalue weighted by Gasteiger charge is 2.17. The van der Waals surface area contributed by atoms with Gasteiger partial charge in [0.25, 0.3) is 5.91 Å². The van der Waals surface area contributed by atoms with Crippen LogP contribution < -0.4 is 5.32 Å². The lowest BCUT2D eigenvalue weighted by Gasteiger charge is -2.06. The third-order valence-electron chi connectivity index (χ3n) is 2.94. The summed E-state index contributed by atoms with van der Waals surface area (Å²) in [5.74, 6) is -0.887. The first kappa shape index (κ1) is 13.5. The summed E-state index contributed by atoms with van der Waals surface area (Å²) in [7, 11) is 0. The van der Waals surface area contributed by atoms with E-state index in [1.165, 1.54) is 23.5 Å². The number of thiazole rings is 1. The average Bonchev–Trinajstić information content (AvgIpc) is 3.00. The second-order valence-corrected chi connectivity index (χ2v) is 5.18. The lowest BCUT2D eigenvalue weighted by atomic mass is 10.1. The molecule has 0 unspecified atom stereocenters. The van der Waals surface area contributed by atoms with E-state index < -0.39 is 11.7 Å². The highest BCUT2D eigenvalue weighted by molar-refractivity contribution is 7.13. The molecule has 104 valence electrons. The predicted molar refractivity (Wildman–Crippen MR) is 81.9 cm³/mol. The van der Waals surface area contributed by atoms with Crippen LogP contribution in [0.2, 0.25) is 0 Å². The Bertz CT molecular complexity index is 771. The van der Waals surface area contributed by atoms with Gasteiger partial charge in [0, 0.05) is 0 Å². The third-order valence-corrected chi connectivity index (χ3v) is 3.82. The number of hydrogen-bond acceptors (Lipinski definition) is 3. The minimum Gasteiger partial charge on any atom is -0.318 e. The quantitative estimate of drug-likeness (QED) is 0.787. The number of para-hydroxylation sites is 1. The lowest BCUT2D eigenvalue weighted by Crippen LogP contribution is -2.14. The third kappa shape index (κ3) is 2.83. The molecule has 0 spiro atoms. The van der Waals surface area contributed by atoms with Crippen LogP contribution >= 0.6 is 11.3 Å². The minimum absolute atomic E-state index is 0.148. The van der Waals surface area contributed by atoms with Crippen molar-refractivity contribution in [2.24, 2.45) is 0 Å². The smallest absolute Gasteiger partial charge is 0.275 e. The Labute approximate surface area is 125 Å². The summed E-state index contributed by atoms with van der Waals surface area (Å²) in [4.78, 5) is 17.2. The molecular formula is C16H11FN2OS. The number of anilines is 1. The largest absolute Gasteiger partial charge is 0.318 e. The van der Waals surface area contributed by atoms with Crippen molar-refractivity contribution in [3.63, 3.8) is 0 Å². The first-order valence-corrected chi connectivity index (χ1v) is 7.18. The van der Waals surface area contributed by atoms with Gasteiger partial charge in [0.2, 0.25) is 0 Å². The van der Waals surface area contributed by atoms with E-state index in [1.807, 2.05) is 30.3 Å². The molecule has 0 aliphatic rings. The number of nitrogens with zero attached hydrogens (tertiary/aromatic N) is 1. The maximum Gasteiger partial charge on any atom is 0.275 e. The van der Waals surface area contributed by atoms with Crippen LogP contribution in [0.5, 0.6) is 0 Å². The van der Waals surface area contributed by atoms with Gasteiger partial charge in [0.05, 0.1) is 16.1 Å². The molecule has 0 fully saturated rings. The predicted octanol–water partition coefficient (Wildman–Crippen LogP) is 4.20. The van der Waals surface area contributed by atoms with Gasteiger partial charge in [-0.3, -0.25) is 4.79 Å². The number of carbonyl (C=O) groups excluding carboxylic acids is 1. The SMILES string of the molecule is O=C(Nc1ccccc1F)c1ncsc1-c1ccccc1. The number of aromatic nitrogens is 1. The van der Waals surface area contributed by atoms with Crippen LogP contribution in [0.15, 0.2) is 60.1 Å². The number of carbonyl (C=O) groups is 1. The molecule has 3 aromatic rings. The van der Waals surface area contributed by atoms with E-state index in [1.54, 1.807) is 17.6 Å². The minimum atomic E-state index is -0.470. The summed E-state index contributed by atoms with van der Waals surface area (Å²) in [5, 5.41) is 2.55. The zero-order valence-corrected chi connectivity index (χ0v) is 11.7. The van der Waals surface area contributed by atoms with Gasteiger partial charge in [-0.1, -0.05) is 42.5 Å². The number of rotatable bonds is 3. The molecule has 1 heterocycles. The lowest BCUT2D eigenvalue weighted by molar-refractivity contribution is 0.102. The Kier molecular flexibility index (Phi) is 3.75. The fourth-order valence-corrected chi connectivity index (χ4v) is 2.74. The standard InChI is InChI=1S/C16H11FN2OS/c17-12-8-4-5-9-13(12)19-16(20)14-15(21-10-18-14)11-6-2-1-3-7-11/h1-10H,(H,19,20). The number of nitrogens with one attached hydrogen (secondary N) is 1. The van der Waals surface area contributed by atoms with E-state index >= 15 is 0 Å². The molecule has 0 saturated heterocycles. The Morgan fingerprint density at radius 1 is 1.05 bits per heavy atom. The fraction of sp³-hybridized carbons (Fsp3) is 0. The number of benzene rings is 2. The van der Waals surface area contributed by atoms with Gasteiger partial charge in [-0.15, -0.1) is 11.3 Å². The summed E-state index contributed by atoms with van der Waals surface area (Å²) in [5.41, 5.74) is 2.97. The van der Waals surface area contributed by atoms with Crippen LogP contribution in [-0.4, -0.2) is 10.9 Å². The fourth-order valence-electron chi connectivity index (χ4n) is 1.95. The zero-order valence-electron chi connectivity index (χ0n) is 10.9. The molecule has 1 aromatic heterocycles. The highest BCUT2D eigenvalue weighted by atomic mass is 32.1. The molecule has 0 bridgehead atoms. The molecular weight excluding hydrogens is 287 g/mol. The van der Waals surface area contributed by atoms with E-state index in [0.717, 1.165) is 10.4 Å². The van der Waals surface area contributed by atoms with Gasteiger partial charge in [-0.25, -0.2) is 9.37 Å². The number of halogens is 1. The van der Waals surface area contributed by atoms with Gasteiger partial charge < -0.3 is 5.32 Å². The summed E-state index contributed by atoms with van der Waals surface area (Å²) in [6.07, 6.45) is 0. The molecule has 1 N–H and O–H groups in total.